The van der Waals surface area contributed by atoms with Crippen LogP contribution in [0.15, 0.2) is 12.2 Å². The first kappa shape index (κ1) is 13.4. The summed E-state index contributed by atoms with van der Waals surface area (Å²) >= 11 is 0. The number of imide groups is 2. The zero-order valence-electron chi connectivity index (χ0n) is 10.4. The predicted octanol–water partition coefficient (Wildman–Crippen LogP) is 1.35. The second-order valence-electron chi connectivity index (χ2n) is 4.27. The minimum Gasteiger partial charge on any atom is -0.277 e. The van der Waals surface area contributed by atoms with E-state index in [2.05, 4.69) is 10.6 Å². The molecule has 0 spiro atoms. The standard InChI is InChI=1S/C12H18N2O3/c1-4-6-8(3)12(7-5-2)9(15)13-11(17)14-10(12)16/h4,6,8H,5,7H2,1-3H3,(H2,13,14,15,16,17)/b6-4+/t8-/m0/s1. The zero-order chi connectivity index (χ0) is 13.1. The number of allylic oxidation sites excluding steroid dienone is 2. The van der Waals surface area contributed by atoms with E-state index in [0.717, 1.165) is 0 Å². The molecule has 0 bridgehead atoms. The maximum absolute atomic E-state index is 12.0. The van der Waals surface area contributed by atoms with Gasteiger partial charge in [-0.25, -0.2) is 4.79 Å². The summed E-state index contributed by atoms with van der Waals surface area (Å²) in [6.07, 6.45) is 4.73. The summed E-state index contributed by atoms with van der Waals surface area (Å²) in [5, 5.41) is 4.36. The highest BCUT2D eigenvalue weighted by Crippen LogP contribution is 2.36. The Morgan fingerprint density at radius 1 is 1.24 bits per heavy atom. The summed E-state index contributed by atoms with van der Waals surface area (Å²) in [6.45, 7) is 5.55. The molecular formula is C12H18N2O3. The molecule has 0 aromatic heterocycles. The molecule has 0 aliphatic carbocycles. The highest BCUT2D eigenvalue weighted by Gasteiger charge is 2.52. The highest BCUT2D eigenvalue weighted by molar-refractivity contribution is 6.19. The molecule has 1 heterocycles. The number of carbonyl (C=O) groups excluding carboxylic acids is 3. The summed E-state index contributed by atoms with van der Waals surface area (Å²) in [6, 6.07) is -0.737. The molecule has 1 rings (SSSR count). The lowest BCUT2D eigenvalue weighted by atomic mass is 9.70. The van der Waals surface area contributed by atoms with Gasteiger partial charge in [0.25, 0.3) is 0 Å². The van der Waals surface area contributed by atoms with Crippen LogP contribution < -0.4 is 10.6 Å². The maximum atomic E-state index is 12.0. The van der Waals surface area contributed by atoms with E-state index in [9.17, 15) is 14.4 Å². The fourth-order valence-electron chi connectivity index (χ4n) is 2.28. The third-order valence-corrected chi connectivity index (χ3v) is 3.17. The van der Waals surface area contributed by atoms with Crippen molar-refractivity contribution in [3.63, 3.8) is 0 Å². The van der Waals surface area contributed by atoms with Gasteiger partial charge in [-0.1, -0.05) is 32.4 Å². The van der Waals surface area contributed by atoms with E-state index in [4.69, 9.17) is 0 Å². The lowest BCUT2D eigenvalue weighted by Crippen LogP contribution is -2.64. The molecule has 4 amide bonds. The van der Waals surface area contributed by atoms with Gasteiger partial charge in [0.2, 0.25) is 11.8 Å². The maximum Gasteiger partial charge on any atom is 0.328 e. The van der Waals surface area contributed by atoms with Crippen molar-refractivity contribution >= 4 is 17.8 Å². The van der Waals surface area contributed by atoms with E-state index in [1.54, 1.807) is 6.08 Å². The molecule has 1 aliphatic rings. The number of carbonyl (C=O) groups is 3. The normalized spacial score (nSPS) is 21.2. The van der Waals surface area contributed by atoms with Gasteiger partial charge in [-0.05, 0) is 19.3 Å². The summed E-state index contributed by atoms with van der Waals surface area (Å²) in [4.78, 5) is 35.1. The Morgan fingerprint density at radius 2 is 1.76 bits per heavy atom. The summed E-state index contributed by atoms with van der Waals surface area (Å²) in [5.74, 6) is -1.25. The van der Waals surface area contributed by atoms with Crippen LogP contribution in [0.3, 0.4) is 0 Å². The van der Waals surface area contributed by atoms with Crippen molar-refractivity contribution in [3.05, 3.63) is 12.2 Å². The van der Waals surface area contributed by atoms with Gasteiger partial charge in [0.15, 0.2) is 0 Å². The fourth-order valence-corrected chi connectivity index (χ4v) is 2.28. The molecule has 1 aliphatic heterocycles. The molecule has 1 fully saturated rings. The zero-order valence-corrected chi connectivity index (χ0v) is 10.4. The molecule has 1 atom stereocenters. The molecule has 0 unspecified atom stereocenters. The largest absolute Gasteiger partial charge is 0.328 e. The van der Waals surface area contributed by atoms with Crippen LogP contribution in [0.25, 0.3) is 0 Å². The van der Waals surface area contributed by atoms with E-state index in [1.165, 1.54) is 0 Å². The smallest absolute Gasteiger partial charge is 0.277 e. The molecule has 0 aromatic carbocycles. The lowest BCUT2D eigenvalue weighted by Gasteiger charge is -2.37. The molecule has 0 radical (unpaired) electrons. The number of nitrogens with one attached hydrogen (secondary N) is 2. The van der Waals surface area contributed by atoms with Gasteiger partial charge in [-0.2, -0.15) is 0 Å². The van der Waals surface area contributed by atoms with Crippen LogP contribution >= 0.6 is 0 Å². The average Bonchev–Trinajstić information content (AvgIpc) is 2.23. The number of rotatable bonds is 4. The van der Waals surface area contributed by atoms with E-state index >= 15 is 0 Å². The van der Waals surface area contributed by atoms with Crippen molar-refractivity contribution in [1.82, 2.24) is 10.6 Å². The van der Waals surface area contributed by atoms with E-state index in [0.29, 0.717) is 12.8 Å². The summed E-state index contributed by atoms with van der Waals surface area (Å²) < 4.78 is 0. The Kier molecular flexibility index (Phi) is 4.04. The molecular weight excluding hydrogens is 220 g/mol. The Bertz CT molecular complexity index is 354. The van der Waals surface area contributed by atoms with Gasteiger partial charge in [-0.3, -0.25) is 20.2 Å². The van der Waals surface area contributed by atoms with Gasteiger partial charge >= 0.3 is 6.03 Å². The van der Waals surface area contributed by atoms with Crippen LogP contribution in [-0.4, -0.2) is 17.8 Å². The van der Waals surface area contributed by atoms with Gasteiger partial charge < -0.3 is 0 Å². The monoisotopic (exact) mass is 238 g/mol. The minimum atomic E-state index is -1.17. The topological polar surface area (TPSA) is 75.3 Å². The molecule has 1 saturated heterocycles. The molecule has 5 nitrogen and oxygen atoms in total. The second-order valence-corrected chi connectivity index (χ2v) is 4.27. The first-order valence-corrected chi connectivity index (χ1v) is 5.78. The SMILES string of the molecule is C/C=C/[C@H](C)C1(CCC)C(=O)NC(=O)NC1=O. The van der Waals surface area contributed by atoms with Crippen molar-refractivity contribution in [3.8, 4) is 0 Å². The van der Waals surface area contributed by atoms with Crippen LogP contribution in [0.2, 0.25) is 0 Å². The van der Waals surface area contributed by atoms with Crippen LogP contribution in [-0.2, 0) is 9.59 Å². The first-order chi connectivity index (χ1) is 7.98. The summed E-state index contributed by atoms with van der Waals surface area (Å²) in [7, 11) is 0. The summed E-state index contributed by atoms with van der Waals surface area (Å²) in [5.41, 5.74) is -1.17. The van der Waals surface area contributed by atoms with Gasteiger partial charge in [0.1, 0.15) is 5.41 Å². The second kappa shape index (κ2) is 5.12. The number of amides is 4. The molecule has 94 valence electrons. The lowest BCUT2D eigenvalue weighted by molar-refractivity contribution is -0.147. The van der Waals surface area contributed by atoms with Crippen LogP contribution in [0.5, 0.6) is 0 Å². The van der Waals surface area contributed by atoms with Crippen molar-refractivity contribution in [2.24, 2.45) is 11.3 Å². The van der Waals surface area contributed by atoms with Crippen LogP contribution in [0.1, 0.15) is 33.6 Å². The number of hydrogen-bond acceptors (Lipinski definition) is 3. The van der Waals surface area contributed by atoms with Gasteiger partial charge in [0.05, 0.1) is 0 Å². The highest BCUT2D eigenvalue weighted by atomic mass is 16.2. The van der Waals surface area contributed by atoms with Crippen molar-refractivity contribution in [2.45, 2.75) is 33.6 Å². The third kappa shape index (κ3) is 2.23. The Labute approximate surface area is 101 Å². The number of hydrogen-bond donors (Lipinski definition) is 2. The van der Waals surface area contributed by atoms with Crippen LogP contribution in [0.4, 0.5) is 4.79 Å². The number of urea groups is 1. The quantitative estimate of drug-likeness (QED) is 0.573. The van der Waals surface area contributed by atoms with E-state index in [1.807, 2.05) is 26.8 Å². The Morgan fingerprint density at radius 3 is 2.18 bits per heavy atom. The van der Waals surface area contributed by atoms with Crippen LogP contribution in [0, 0.1) is 11.3 Å². The minimum absolute atomic E-state index is 0.249. The molecule has 0 saturated carbocycles. The van der Waals surface area contributed by atoms with Gasteiger partial charge in [-0.15, -0.1) is 0 Å². The van der Waals surface area contributed by atoms with Gasteiger partial charge in [0, 0.05) is 0 Å². The Balaban J connectivity index is 3.16. The van der Waals surface area contributed by atoms with Crippen molar-refractivity contribution < 1.29 is 14.4 Å². The third-order valence-electron chi connectivity index (χ3n) is 3.17. The fraction of sp³-hybridized carbons (Fsp3) is 0.583. The molecule has 0 aromatic rings. The predicted molar refractivity (Wildman–Crippen MR) is 63.0 cm³/mol. The number of barbiturate groups is 1. The molecule has 5 heteroatoms. The van der Waals surface area contributed by atoms with Crippen molar-refractivity contribution in [1.29, 1.82) is 0 Å². The van der Waals surface area contributed by atoms with E-state index in [-0.39, 0.29) is 5.92 Å². The van der Waals surface area contributed by atoms with Crippen molar-refractivity contribution in [2.75, 3.05) is 0 Å². The van der Waals surface area contributed by atoms with E-state index < -0.39 is 23.3 Å². The first-order valence-electron chi connectivity index (χ1n) is 5.78. The Hall–Kier alpha value is -1.65. The molecule has 2 N–H and O–H groups in total. The average molecular weight is 238 g/mol. The molecule has 17 heavy (non-hydrogen) atoms.